The minimum absolute atomic E-state index is 0.000355. The van der Waals surface area contributed by atoms with Crippen LogP contribution in [0.4, 0.5) is 0 Å². The number of nitrogens with one attached hydrogen (secondary N) is 1. The number of hydrogen-bond donors (Lipinski definition) is 1. The van der Waals surface area contributed by atoms with Crippen molar-refractivity contribution < 1.29 is 4.74 Å². The topological polar surface area (TPSA) is 39.1 Å². The van der Waals surface area contributed by atoms with Gasteiger partial charge < -0.3 is 14.6 Å². The molecule has 3 rings (SSSR count). The van der Waals surface area contributed by atoms with Crippen LogP contribution < -0.4 is 5.32 Å². The van der Waals surface area contributed by atoms with Crippen molar-refractivity contribution in [3.63, 3.8) is 0 Å². The molecular formula is C14H18ClN3O. The maximum Gasteiger partial charge on any atom is 0.140 e. The molecule has 1 aromatic heterocycles. The highest BCUT2D eigenvalue weighted by Gasteiger charge is 2.24. The molecule has 1 aliphatic rings. The number of benzene rings is 1. The molecule has 2 heterocycles. The lowest BCUT2D eigenvalue weighted by Crippen LogP contribution is -2.34. The summed E-state index contributed by atoms with van der Waals surface area (Å²) in [7, 11) is 0. The Morgan fingerprint density at radius 1 is 1.47 bits per heavy atom. The minimum Gasteiger partial charge on any atom is -0.368 e. The van der Waals surface area contributed by atoms with Crippen LogP contribution in [0.3, 0.4) is 0 Å². The lowest BCUT2D eigenvalue weighted by atomic mass is 10.2. The molecule has 1 aromatic carbocycles. The average molecular weight is 280 g/mol. The first kappa shape index (κ1) is 12.9. The van der Waals surface area contributed by atoms with Gasteiger partial charge >= 0.3 is 0 Å². The quantitative estimate of drug-likeness (QED) is 0.919. The normalized spacial score (nSPS) is 20.3. The second-order valence-corrected chi connectivity index (χ2v) is 5.51. The molecule has 4 nitrogen and oxygen atoms in total. The number of rotatable bonds is 2. The summed E-state index contributed by atoms with van der Waals surface area (Å²) in [5.41, 5.74) is 1.94. The highest BCUT2D eigenvalue weighted by molar-refractivity contribution is 6.35. The first-order valence-corrected chi connectivity index (χ1v) is 7.05. The maximum absolute atomic E-state index is 6.34. The summed E-state index contributed by atoms with van der Waals surface area (Å²) in [4.78, 5) is 4.73. The second kappa shape index (κ2) is 5.12. The lowest BCUT2D eigenvalue weighted by molar-refractivity contribution is 0.0197. The van der Waals surface area contributed by atoms with Gasteiger partial charge in [0.1, 0.15) is 11.9 Å². The van der Waals surface area contributed by atoms with Crippen LogP contribution in [0.2, 0.25) is 5.02 Å². The summed E-state index contributed by atoms with van der Waals surface area (Å²) in [6.07, 6.45) is -0.000355. The third kappa shape index (κ3) is 2.24. The van der Waals surface area contributed by atoms with E-state index in [-0.39, 0.29) is 6.10 Å². The van der Waals surface area contributed by atoms with E-state index in [1.807, 2.05) is 18.2 Å². The van der Waals surface area contributed by atoms with Gasteiger partial charge in [-0.1, -0.05) is 17.7 Å². The zero-order valence-electron chi connectivity index (χ0n) is 11.2. The highest BCUT2D eigenvalue weighted by atomic mass is 35.5. The van der Waals surface area contributed by atoms with Crippen molar-refractivity contribution in [2.75, 3.05) is 19.7 Å². The first-order valence-electron chi connectivity index (χ1n) is 6.67. The number of imidazole rings is 1. The van der Waals surface area contributed by atoms with E-state index in [9.17, 15) is 0 Å². The standard InChI is InChI=1S/C14H18ClN3O/c1-9(2)18-13-10(15)4-3-5-11(13)17-14(18)12-8-16-6-7-19-12/h3-5,9,12,16H,6-8H2,1-2H3. The predicted molar refractivity (Wildman–Crippen MR) is 76.7 cm³/mol. The SMILES string of the molecule is CC(C)n1c(C2CNCCO2)nc2cccc(Cl)c21. The van der Waals surface area contributed by atoms with Crippen LogP contribution in [0.25, 0.3) is 11.0 Å². The van der Waals surface area contributed by atoms with Gasteiger partial charge in [0.25, 0.3) is 0 Å². The van der Waals surface area contributed by atoms with Crippen molar-refractivity contribution in [1.29, 1.82) is 0 Å². The fourth-order valence-corrected chi connectivity index (χ4v) is 2.87. The van der Waals surface area contributed by atoms with E-state index in [1.165, 1.54) is 0 Å². The third-order valence-corrected chi connectivity index (χ3v) is 3.73. The number of para-hydroxylation sites is 1. The van der Waals surface area contributed by atoms with Crippen molar-refractivity contribution >= 4 is 22.6 Å². The van der Waals surface area contributed by atoms with Gasteiger partial charge in [-0.25, -0.2) is 4.98 Å². The Labute approximate surface area is 117 Å². The molecule has 1 aliphatic heterocycles. The van der Waals surface area contributed by atoms with Crippen LogP contribution in [-0.2, 0) is 4.74 Å². The molecule has 0 aliphatic carbocycles. The molecule has 1 N–H and O–H groups in total. The second-order valence-electron chi connectivity index (χ2n) is 5.10. The Hall–Kier alpha value is -1.10. The van der Waals surface area contributed by atoms with E-state index < -0.39 is 0 Å². The van der Waals surface area contributed by atoms with Gasteiger partial charge in [0.2, 0.25) is 0 Å². The van der Waals surface area contributed by atoms with Crippen LogP contribution in [0.1, 0.15) is 31.8 Å². The molecule has 0 saturated carbocycles. The van der Waals surface area contributed by atoms with Crippen molar-refractivity contribution in [3.05, 3.63) is 29.0 Å². The maximum atomic E-state index is 6.34. The lowest BCUT2D eigenvalue weighted by Gasteiger charge is -2.25. The van der Waals surface area contributed by atoms with Crippen molar-refractivity contribution in [2.45, 2.75) is 26.0 Å². The molecule has 0 radical (unpaired) electrons. The number of halogens is 1. The number of ether oxygens (including phenoxy) is 1. The number of aromatic nitrogens is 2. The van der Waals surface area contributed by atoms with Gasteiger partial charge in [-0.2, -0.15) is 0 Å². The fourth-order valence-electron chi connectivity index (χ4n) is 2.61. The van der Waals surface area contributed by atoms with E-state index in [1.54, 1.807) is 0 Å². The molecule has 1 unspecified atom stereocenters. The van der Waals surface area contributed by atoms with E-state index in [0.29, 0.717) is 6.04 Å². The van der Waals surface area contributed by atoms with Gasteiger partial charge in [0.15, 0.2) is 0 Å². The predicted octanol–water partition coefficient (Wildman–Crippen LogP) is 2.93. The van der Waals surface area contributed by atoms with E-state index >= 15 is 0 Å². The molecule has 0 bridgehead atoms. The fraction of sp³-hybridized carbons (Fsp3) is 0.500. The Bertz CT molecular complexity index is 588. The summed E-state index contributed by atoms with van der Waals surface area (Å²) in [5.74, 6) is 0.963. The van der Waals surface area contributed by atoms with Crippen molar-refractivity contribution in [1.82, 2.24) is 14.9 Å². The van der Waals surface area contributed by atoms with E-state index in [0.717, 1.165) is 41.6 Å². The third-order valence-electron chi connectivity index (χ3n) is 3.42. The molecule has 1 saturated heterocycles. The Morgan fingerprint density at radius 2 is 2.32 bits per heavy atom. The molecule has 0 amide bonds. The Kier molecular flexibility index (Phi) is 3.48. The average Bonchev–Trinajstić information content (AvgIpc) is 2.81. The summed E-state index contributed by atoms with van der Waals surface area (Å²) in [6.45, 7) is 6.71. The van der Waals surface area contributed by atoms with E-state index in [2.05, 4.69) is 23.7 Å². The van der Waals surface area contributed by atoms with Crippen LogP contribution in [-0.4, -0.2) is 29.2 Å². The first-order chi connectivity index (χ1) is 9.18. The number of morpholine rings is 1. The summed E-state index contributed by atoms with van der Waals surface area (Å²) in [5, 5.41) is 4.09. The molecule has 102 valence electrons. The van der Waals surface area contributed by atoms with Crippen LogP contribution in [0, 0.1) is 0 Å². The number of nitrogens with zero attached hydrogens (tertiary/aromatic N) is 2. The number of fused-ring (bicyclic) bond motifs is 1. The highest BCUT2D eigenvalue weighted by Crippen LogP contribution is 2.31. The molecular weight excluding hydrogens is 262 g/mol. The molecule has 1 atom stereocenters. The van der Waals surface area contributed by atoms with Crippen LogP contribution in [0.15, 0.2) is 18.2 Å². The molecule has 1 fully saturated rings. The smallest absolute Gasteiger partial charge is 0.140 e. The molecule has 0 spiro atoms. The Morgan fingerprint density at radius 3 is 3.00 bits per heavy atom. The summed E-state index contributed by atoms with van der Waals surface area (Å²) in [6, 6.07) is 6.14. The van der Waals surface area contributed by atoms with Crippen LogP contribution in [0.5, 0.6) is 0 Å². The Balaban J connectivity index is 2.17. The molecule has 2 aromatic rings. The van der Waals surface area contributed by atoms with Gasteiger partial charge in [-0.05, 0) is 26.0 Å². The van der Waals surface area contributed by atoms with Crippen molar-refractivity contribution in [2.24, 2.45) is 0 Å². The number of hydrogen-bond acceptors (Lipinski definition) is 3. The van der Waals surface area contributed by atoms with Gasteiger partial charge in [-0.15, -0.1) is 0 Å². The van der Waals surface area contributed by atoms with Gasteiger partial charge in [0, 0.05) is 19.1 Å². The van der Waals surface area contributed by atoms with Gasteiger partial charge in [0.05, 0.1) is 22.7 Å². The van der Waals surface area contributed by atoms with Crippen LogP contribution >= 0.6 is 11.6 Å². The van der Waals surface area contributed by atoms with E-state index in [4.69, 9.17) is 21.3 Å². The largest absolute Gasteiger partial charge is 0.368 e. The zero-order chi connectivity index (χ0) is 13.4. The zero-order valence-corrected chi connectivity index (χ0v) is 11.9. The van der Waals surface area contributed by atoms with Gasteiger partial charge in [-0.3, -0.25) is 0 Å². The van der Waals surface area contributed by atoms with Crippen molar-refractivity contribution in [3.8, 4) is 0 Å². The summed E-state index contributed by atoms with van der Waals surface area (Å²) < 4.78 is 8.03. The molecule has 19 heavy (non-hydrogen) atoms. The molecule has 5 heteroatoms. The monoisotopic (exact) mass is 279 g/mol. The summed E-state index contributed by atoms with van der Waals surface area (Å²) >= 11 is 6.34. The minimum atomic E-state index is -0.000355.